The number of hydrogen-bond donors (Lipinski definition) is 2. The maximum Gasteiger partial charge on any atom is 0.266 e. The van der Waals surface area contributed by atoms with Crippen molar-refractivity contribution in [2.75, 3.05) is 12.3 Å². The summed E-state index contributed by atoms with van der Waals surface area (Å²) in [5.74, 6) is -0.406. The number of rotatable bonds is 3. The molecule has 0 aliphatic heterocycles. The maximum atomic E-state index is 9.82. The van der Waals surface area contributed by atoms with E-state index in [9.17, 15) is 8.42 Å². The first-order valence-electron chi connectivity index (χ1n) is 2.16. The van der Waals surface area contributed by atoms with E-state index >= 15 is 0 Å². The van der Waals surface area contributed by atoms with Gasteiger partial charge in [0.05, 0.1) is 5.75 Å². The molecule has 0 saturated carbocycles. The first-order chi connectivity index (χ1) is 3.56. The summed E-state index contributed by atoms with van der Waals surface area (Å²) in [7, 11) is -3.87. The van der Waals surface area contributed by atoms with Crippen molar-refractivity contribution in [2.45, 2.75) is 0 Å². The number of nitrogens with two attached hydrogens (primary N) is 1. The highest BCUT2D eigenvalue weighted by Crippen LogP contribution is 1.74. The molecule has 0 spiro atoms. The van der Waals surface area contributed by atoms with E-state index in [0.717, 1.165) is 0 Å². The molecule has 0 aliphatic carbocycles. The summed E-state index contributed by atoms with van der Waals surface area (Å²) in [5.41, 5.74) is 1.84. The Hall–Kier alpha value is -0.130. The predicted octanol–water partition coefficient (Wildman–Crippen LogP) is -1.17. The van der Waals surface area contributed by atoms with Crippen LogP contribution in [0.25, 0.3) is 0 Å². The van der Waals surface area contributed by atoms with Gasteiger partial charge in [0.15, 0.2) is 0 Å². The number of hydrogen-bond acceptors (Lipinski definition) is 3. The molecule has 0 heterocycles. The molecular weight excluding hydrogens is 118 g/mol. The molecule has 0 rings (SSSR count). The van der Waals surface area contributed by atoms with Crippen LogP contribution in [0.3, 0.4) is 0 Å². The second-order valence-corrected chi connectivity index (χ2v) is 2.61. The Labute approximate surface area is 43.5 Å². The van der Waals surface area contributed by atoms with Crippen molar-refractivity contribution in [3.05, 3.63) is 0 Å². The van der Waals surface area contributed by atoms with Crippen molar-refractivity contribution in [3.63, 3.8) is 0 Å². The zero-order chi connectivity index (χ0) is 6.62. The molecule has 0 aromatic heterocycles. The topological polar surface area (TPSA) is 80.4 Å². The highest BCUT2D eigenvalue weighted by Gasteiger charge is 1.98. The lowest BCUT2D eigenvalue weighted by molar-refractivity contribution is 0.483. The molecule has 7 heavy (non-hydrogen) atoms. The fraction of sp³-hybridized carbons (Fsp3) is 1.00. The zero-order valence-corrected chi connectivity index (χ0v) is 4.40. The third-order valence-electron chi connectivity index (χ3n) is 0.360. The van der Waals surface area contributed by atoms with Crippen molar-refractivity contribution in [1.82, 2.24) is 0 Å². The summed E-state index contributed by atoms with van der Waals surface area (Å²) in [6.07, 6.45) is 0. The highest BCUT2D eigenvalue weighted by atomic mass is 32.2. The van der Waals surface area contributed by atoms with Crippen LogP contribution in [0.1, 0.15) is 0 Å². The van der Waals surface area contributed by atoms with Gasteiger partial charge in [0.2, 0.25) is 0 Å². The summed E-state index contributed by atoms with van der Waals surface area (Å²) in [6, 6.07) is 0. The highest BCUT2D eigenvalue weighted by molar-refractivity contribution is 7.85. The molecule has 44 valence electrons. The van der Waals surface area contributed by atoms with Gasteiger partial charge in [-0.05, 0) is 0 Å². The summed E-state index contributed by atoms with van der Waals surface area (Å²) in [6.45, 7) is -0.0428. The van der Waals surface area contributed by atoms with E-state index in [1.807, 2.05) is 5.73 Å². The lowest BCUT2D eigenvalue weighted by atomic mass is 10.8. The van der Waals surface area contributed by atoms with Gasteiger partial charge in [0.1, 0.15) is 1.41 Å². The van der Waals surface area contributed by atoms with E-state index in [0.29, 0.717) is 0 Å². The molecule has 0 amide bonds. The second-order valence-electron chi connectivity index (χ2n) is 1.04. The third-order valence-corrected chi connectivity index (χ3v) is 1.08. The quantitative estimate of drug-likeness (QED) is 0.467. The Morgan fingerprint density at radius 3 is 2.57 bits per heavy atom. The summed E-state index contributed by atoms with van der Waals surface area (Å²) in [4.78, 5) is 0. The standard InChI is InChI=1S/C2H7NO3S/c3-1-2-7(4,5)6/h1-3H2,(H,4,5,6)/i/hD. The van der Waals surface area contributed by atoms with E-state index in [1.165, 1.54) is 0 Å². The van der Waals surface area contributed by atoms with E-state index in [2.05, 4.69) is 0 Å². The van der Waals surface area contributed by atoms with Gasteiger partial charge in [-0.25, -0.2) is 0 Å². The molecule has 0 aliphatic rings. The van der Waals surface area contributed by atoms with Gasteiger partial charge >= 0.3 is 0 Å². The smallest absolute Gasteiger partial charge is 0.266 e. The average Bonchev–Trinajstić information content (AvgIpc) is 1.59. The van der Waals surface area contributed by atoms with Crippen LogP contribution in [0.2, 0.25) is 1.41 Å². The third kappa shape index (κ3) is 5.87. The Kier molecular flexibility index (Phi) is 1.61. The van der Waals surface area contributed by atoms with Gasteiger partial charge in [-0.15, -0.1) is 0 Å². The molecule has 0 unspecified atom stereocenters. The Bertz CT molecular complexity index is 141. The van der Waals surface area contributed by atoms with Crippen LogP contribution in [0.4, 0.5) is 0 Å². The molecular formula is C2H7NO3S. The summed E-state index contributed by atoms with van der Waals surface area (Å²) >= 11 is 0. The first kappa shape index (κ1) is 5.02. The molecule has 0 atom stereocenters. The van der Waals surface area contributed by atoms with E-state index in [1.54, 1.807) is 0 Å². The van der Waals surface area contributed by atoms with Crippen LogP contribution in [-0.2, 0) is 10.1 Å². The fourth-order valence-electron chi connectivity index (χ4n) is 0.129. The molecule has 0 saturated heterocycles. The first-order valence-corrected chi connectivity index (χ1v) is 3.27. The largest absolute Gasteiger partial charge is 0.329 e. The SMILES string of the molecule is [2H]NCCS(=O)(=O)O. The van der Waals surface area contributed by atoms with Gasteiger partial charge in [-0.2, -0.15) is 8.42 Å². The summed E-state index contributed by atoms with van der Waals surface area (Å²) in [5, 5.41) is 0. The Morgan fingerprint density at radius 2 is 2.43 bits per heavy atom. The molecule has 0 bridgehead atoms. The minimum atomic E-state index is -3.87. The van der Waals surface area contributed by atoms with Crippen molar-refractivity contribution >= 4 is 10.1 Å². The van der Waals surface area contributed by atoms with Crippen molar-refractivity contribution in [3.8, 4) is 0 Å². The molecule has 5 heteroatoms. The normalized spacial score (nSPS) is 13.6. The van der Waals surface area contributed by atoms with Crippen LogP contribution >= 0.6 is 0 Å². The maximum absolute atomic E-state index is 9.82. The molecule has 0 aromatic rings. The van der Waals surface area contributed by atoms with Gasteiger partial charge in [-0.3, -0.25) is 4.55 Å². The van der Waals surface area contributed by atoms with Gasteiger partial charge in [0.25, 0.3) is 10.1 Å². The van der Waals surface area contributed by atoms with Crippen LogP contribution in [0, 0.1) is 0 Å². The van der Waals surface area contributed by atoms with Crippen LogP contribution < -0.4 is 5.73 Å². The minimum absolute atomic E-state index is 0.0428. The second kappa shape index (κ2) is 2.25. The monoisotopic (exact) mass is 126 g/mol. The molecule has 0 fully saturated rings. The molecule has 0 radical (unpaired) electrons. The van der Waals surface area contributed by atoms with E-state index < -0.39 is 15.9 Å². The van der Waals surface area contributed by atoms with Crippen LogP contribution in [0.5, 0.6) is 0 Å². The van der Waals surface area contributed by atoms with Crippen molar-refractivity contribution < 1.29 is 14.4 Å². The lowest BCUT2D eigenvalue weighted by Crippen LogP contribution is -2.13. The van der Waals surface area contributed by atoms with Crippen molar-refractivity contribution in [2.24, 2.45) is 5.73 Å². The van der Waals surface area contributed by atoms with Gasteiger partial charge in [-0.1, -0.05) is 0 Å². The van der Waals surface area contributed by atoms with Crippen LogP contribution in [-0.4, -0.2) is 25.3 Å². The van der Waals surface area contributed by atoms with Crippen LogP contribution in [0.15, 0.2) is 0 Å². The average molecular weight is 126 g/mol. The van der Waals surface area contributed by atoms with Gasteiger partial charge < -0.3 is 5.73 Å². The minimum Gasteiger partial charge on any atom is -0.329 e. The molecule has 3 N–H and O–H groups in total. The molecule has 0 aromatic carbocycles. The lowest BCUT2D eigenvalue weighted by Gasteiger charge is -1.86. The van der Waals surface area contributed by atoms with Gasteiger partial charge in [0, 0.05) is 6.54 Å². The predicted molar refractivity (Wildman–Crippen MR) is 25.5 cm³/mol. The Balaban J connectivity index is 3.42. The fourth-order valence-corrected chi connectivity index (χ4v) is 0.387. The zero-order valence-electron chi connectivity index (χ0n) is 4.59. The van der Waals surface area contributed by atoms with E-state index in [-0.39, 0.29) is 6.54 Å². The van der Waals surface area contributed by atoms with E-state index in [4.69, 9.17) is 5.96 Å². The molecule has 4 nitrogen and oxygen atoms in total. The van der Waals surface area contributed by atoms with Crippen molar-refractivity contribution in [1.29, 1.82) is 0 Å². The Morgan fingerprint density at radius 1 is 1.86 bits per heavy atom. The summed E-state index contributed by atoms with van der Waals surface area (Å²) < 4.78 is 33.9.